The Balaban J connectivity index is 1.69. The predicted octanol–water partition coefficient (Wildman–Crippen LogP) is 0.969. The second-order valence-corrected chi connectivity index (χ2v) is 8.84. The van der Waals surface area contributed by atoms with E-state index in [2.05, 4.69) is 4.90 Å². The highest BCUT2D eigenvalue weighted by Gasteiger charge is 2.43. The molecule has 0 spiro atoms. The van der Waals surface area contributed by atoms with Crippen LogP contribution in [-0.4, -0.2) is 61.1 Å². The third kappa shape index (κ3) is 2.78. The largest absolute Gasteiger partial charge is 0.387 e. The molecule has 1 atom stereocenters. The number of β-amino-alcohol motifs (C(OH)–C–C–N with tert-alkyl or cyclic N) is 1. The Morgan fingerprint density at radius 1 is 1.30 bits per heavy atom. The highest BCUT2D eigenvalue weighted by atomic mass is 32.2. The molecular weight excluding hydrogens is 296 g/mol. The minimum absolute atomic E-state index is 0.212. The number of sulfonamides is 1. The van der Waals surface area contributed by atoms with E-state index in [1.54, 1.807) is 17.5 Å². The van der Waals surface area contributed by atoms with Crippen molar-refractivity contribution in [3.8, 4) is 0 Å². The van der Waals surface area contributed by atoms with E-state index in [9.17, 15) is 13.5 Å². The van der Waals surface area contributed by atoms with Crippen LogP contribution in [-0.2, 0) is 10.0 Å². The van der Waals surface area contributed by atoms with Gasteiger partial charge >= 0.3 is 0 Å². The number of nitrogens with zero attached hydrogens (tertiary/aromatic N) is 2. The molecule has 0 amide bonds. The fourth-order valence-corrected chi connectivity index (χ4v) is 5.71. The van der Waals surface area contributed by atoms with Gasteiger partial charge in [-0.1, -0.05) is 6.07 Å². The Hall–Kier alpha value is -0.470. The lowest BCUT2D eigenvalue weighted by molar-refractivity contribution is 0.0233. The van der Waals surface area contributed by atoms with Gasteiger partial charge < -0.3 is 10.0 Å². The Morgan fingerprint density at radius 2 is 2.05 bits per heavy atom. The van der Waals surface area contributed by atoms with E-state index in [-0.39, 0.29) is 6.54 Å². The van der Waals surface area contributed by atoms with Crippen molar-refractivity contribution in [2.75, 3.05) is 32.7 Å². The van der Waals surface area contributed by atoms with Gasteiger partial charge in [0.25, 0.3) is 10.0 Å². The summed E-state index contributed by atoms with van der Waals surface area (Å²) in [4.78, 5) is 2.24. The third-order valence-electron chi connectivity index (χ3n) is 4.10. The van der Waals surface area contributed by atoms with Crippen LogP contribution in [0.2, 0.25) is 0 Å². The van der Waals surface area contributed by atoms with Crippen LogP contribution in [0.15, 0.2) is 21.7 Å². The van der Waals surface area contributed by atoms with E-state index in [4.69, 9.17) is 0 Å². The van der Waals surface area contributed by atoms with Crippen LogP contribution < -0.4 is 0 Å². The van der Waals surface area contributed by atoms with Crippen molar-refractivity contribution in [1.29, 1.82) is 0 Å². The van der Waals surface area contributed by atoms with E-state index in [1.165, 1.54) is 28.5 Å². The molecule has 7 heteroatoms. The van der Waals surface area contributed by atoms with Crippen molar-refractivity contribution in [3.63, 3.8) is 0 Å². The SMILES string of the molecule is O=S(=O)(c1cccs1)N1CC[C@](O)(CN2CCCC2)C1. The molecule has 2 saturated heterocycles. The Morgan fingerprint density at radius 3 is 2.70 bits per heavy atom. The van der Waals surface area contributed by atoms with Gasteiger partial charge in [0.15, 0.2) is 0 Å². The van der Waals surface area contributed by atoms with Crippen molar-refractivity contribution in [2.45, 2.75) is 29.1 Å². The number of hydrogen-bond donors (Lipinski definition) is 1. The Bertz CT molecular complexity index is 552. The van der Waals surface area contributed by atoms with E-state index in [0.29, 0.717) is 23.7 Å². The molecule has 1 aromatic heterocycles. The highest BCUT2D eigenvalue weighted by Crippen LogP contribution is 2.30. The molecule has 0 unspecified atom stereocenters. The van der Waals surface area contributed by atoms with Crippen LogP contribution in [0.1, 0.15) is 19.3 Å². The summed E-state index contributed by atoms with van der Waals surface area (Å²) in [7, 11) is -3.43. The molecule has 0 saturated carbocycles. The van der Waals surface area contributed by atoms with Crippen molar-refractivity contribution in [3.05, 3.63) is 17.5 Å². The van der Waals surface area contributed by atoms with Crippen molar-refractivity contribution < 1.29 is 13.5 Å². The maximum Gasteiger partial charge on any atom is 0.252 e. The molecule has 0 radical (unpaired) electrons. The van der Waals surface area contributed by atoms with Gasteiger partial charge in [0.1, 0.15) is 4.21 Å². The normalized spacial score (nSPS) is 29.2. The summed E-state index contributed by atoms with van der Waals surface area (Å²) in [6.45, 7) is 3.23. The molecule has 2 aliphatic rings. The summed E-state index contributed by atoms with van der Waals surface area (Å²) in [6, 6.07) is 3.36. The number of aliphatic hydroxyl groups is 1. The van der Waals surface area contributed by atoms with E-state index in [1.807, 2.05) is 0 Å². The lowest BCUT2D eigenvalue weighted by Crippen LogP contribution is -2.44. The van der Waals surface area contributed by atoms with Crippen LogP contribution in [0.25, 0.3) is 0 Å². The highest BCUT2D eigenvalue weighted by molar-refractivity contribution is 7.91. The second-order valence-electron chi connectivity index (χ2n) is 5.73. The second kappa shape index (κ2) is 5.38. The predicted molar refractivity (Wildman–Crippen MR) is 78.3 cm³/mol. The minimum atomic E-state index is -3.43. The number of thiophene rings is 1. The zero-order valence-electron chi connectivity index (χ0n) is 11.4. The lowest BCUT2D eigenvalue weighted by atomic mass is 10.0. The third-order valence-corrected chi connectivity index (χ3v) is 7.32. The summed E-state index contributed by atoms with van der Waals surface area (Å²) in [5.41, 5.74) is -0.894. The van der Waals surface area contributed by atoms with E-state index in [0.717, 1.165) is 13.1 Å². The zero-order valence-corrected chi connectivity index (χ0v) is 13.0. The van der Waals surface area contributed by atoms with Gasteiger partial charge in [-0.25, -0.2) is 8.42 Å². The summed E-state index contributed by atoms with van der Waals surface area (Å²) in [5.74, 6) is 0. The molecule has 112 valence electrons. The first-order chi connectivity index (χ1) is 9.50. The molecular formula is C13H20N2O3S2. The van der Waals surface area contributed by atoms with Crippen LogP contribution in [0, 0.1) is 0 Å². The average molecular weight is 316 g/mol. The molecule has 0 bridgehead atoms. The van der Waals surface area contributed by atoms with E-state index >= 15 is 0 Å². The standard InChI is InChI=1S/C13H20N2O3S2/c16-13(10-14-6-1-2-7-14)5-8-15(11-13)20(17,18)12-4-3-9-19-12/h3-4,9,16H,1-2,5-8,10-11H2/t13-/m0/s1. The maximum absolute atomic E-state index is 12.4. The van der Waals surface area contributed by atoms with Gasteiger partial charge in [0.05, 0.1) is 5.60 Å². The summed E-state index contributed by atoms with van der Waals surface area (Å²) >= 11 is 1.23. The molecule has 1 N–H and O–H groups in total. The summed E-state index contributed by atoms with van der Waals surface area (Å²) < 4.78 is 26.7. The topological polar surface area (TPSA) is 60.9 Å². The zero-order chi connectivity index (χ0) is 14.2. The van der Waals surface area contributed by atoms with Crippen molar-refractivity contribution >= 4 is 21.4 Å². The van der Waals surface area contributed by atoms with Gasteiger partial charge in [0, 0.05) is 19.6 Å². The number of hydrogen-bond acceptors (Lipinski definition) is 5. The molecule has 1 aromatic rings. The molecule has 0 aromatic carbocycles. The van der Waals surface area contributed by atoms with E-state index < -0.39 is 15.6 Å². The van der Waals surface area contributed by atoms with Crippen LogP contribution >= 0.6 is 11.3 Å². The number of likely N-dealkylation sites (tertiary alicyclic amines) is 1. The van der Waals surface area contributed by atoms with Gasteiger partial charge in [-0.05, 0) is 43.8 Å². The fraction of sp³-hybridized carbons (Fsp3) is 0.692. The Kier molecular flexibility index (Phi) is 3.89. The average Bonchev–Trinajstić information content (AvgIpc) is 3.09. The minimum Gasteiger partial charge on any atom is -0.387 e. The molecule has 0 aliphatic carbocycles. The summed E-state index contributed by atoms with van der Waals surface area (Å²) in [5, 5.41) is 12.4. The van der Waals surface area contributed by atoms with Gasteiger partial charge in [0.2, 0.25) is 0 Å². The van der Waals surface area contributed by atoms with Crippen LogP contribution in [0.4, 0.5) is 0 Å². The maximum atomic E-state index is 12.4. The monoisotopic (exact) mass is 316 g/mol. The van der Waals surface area contributed by atoms with Crippen molar-refractivity contribution in [1.82, 2.24) is 9.21 Å². The lowest BCUT2D eigenvalue weighted by Gasteiger charge is -2.28. The Labute approximate surface area is 123 Å². The number of rotatable bonds is 4. The molecule has 3 heterocycles. The van der Waals surface area contributed by atoms with Gasteiger partial charge in [-0.2, -0.15) is 4.31 Å². The van der Waals surface area contributed by atoms with Crippen LogP contribution in [0.5, 0.6) is 0 Å². The molecule has 3 rings (SSSR count). The molecule has 2 aliphatic heterocycles. The van der Waals surface area contributed by atoms with Gasteiger partial charge in [-0.15, -0.1) is 11.3 Å². The summed E-state index contributed by atoms with van der Waals surface area (Å²) in [6.07, 6.45) is 2.87. The van der Waals surface area contributed by atoms with Gasteiger partial charge in [-0.3, -0.25) is 0 Å². The smallest absolute Gasteiger partial charge is 0.252 e. The quantitative estimate of drug-likeness (QED) is 0.899. The molecule has 5 nitrogen and oxygen atoms in total. The fourth-order valence-electron chi connectivity index (χ4n) is 3.05. The molecule has 20 heavy (non-hydrogen) atoms. The first kappa shape index (κ1) is 14.5. The first-order valence-electron chi connectivity index (χ1n) is 6.98. The van der Waals surface area contributed by atoms with Crippen molar-refractivity contribution in [2.24, 2.45) is 0 Å². The first-order valence-corrected chi connectivity index (χ1v) is 9.30. The molecule has 2 fully saturated rings. The van der Waals surface area contributed by atoms with Crippen LogP contribution in [0.3, 0.4) is 0 Å².